The first-order valence-corrected chi connectivity index (χ1v) is 10.2. The number of anilines is 1. The molecule has 1 aliphatic rings. The van der Waals surface area contributed by atoms with Crippen LogP contribution in [0.25, 0.3) is 11.3 Å². The molecule has 2 aromatic rings. The van der Waals surface area contributed by atoms with Gasteiger partial charge in [0.15, 0.2) is 0 Å². The molecule has 1 amide bonds. The van der Waals surface area contributed by atoms with Crippen molar-refractivity contribution in [2.75, 3.05) is 37.7 Å². The third kappa shape index (κ3) is 5.68. The Morgan fingerprint density at radius 3 is 2.45 bits per heavy atom. The zero-order valence-corrected chi connectivity index (χ0v) is 18.2. The number of aromatic nitrogens is 2. The first kappa shape index (κ1) is 22.5. The number of carbonyl (C=O) groups is 2. The van der Waals surface area contributed by atoms with Gasteiger partial charge in [-0.3, -0.25) is 0 Å². The molecule has 1 aliphatic heterocycles. The van der Waals surface area contributed by atoms with Gasteiger partial charge >= 0.3 is 12.1 Å². The minimum atomic E-state index is -0.662. The van der Waals surface area contributed by atoms with Gasteiger partial charge < -0.3 is 19.3 Å². The maximum Gasteiger partial charge on any atom is 0.410 e. The van der Waals surface area contributed by atoms with E-state index in [1.807, 2.05) is 25.7 Å². The lowest BCUT2D eigenvalue weighted by Gasteiger charge is -2.36. The quantitative estimate of drug-likeness (QED) is 0.542. The standard InChI is InChI=1S/C22H27FN4O4/c1-5-30-20(28)16-6-7-18(25-19(16)15-8-9-24-17(23)14-15)26-10-12-27(13-11-26)21(29)31-22(2,3)4/h6-9,14H,5,10-13H2,1-4H3. The van der Waals surface area contributed by atoms with Crippen LogP contribution in [0.1, 0.15) is 38.1 Å². The number of carbonyl (C=O) groups excluding carboxylic acids is 2. The van der Waals surface area contributed by atoms with Crippen molar-refractivity contribution in [1.29, 1.82) is 0 Å². The van der Waals surface area contributed by atoms with Gasteiger partial charge in [0.05, 0.1) is 17.9 Å². The Balaban J connectivity index is 1.82. The molecule has 0 bridgehead atoms. The second kappa shape index (κ2) is 9.28. The van der Waals surface area contributed by atoms with Crippen LogP contribution in [0.2, 0.25) is 0 Å². The van der Waals surface area contributed by atoms with E-state index in [0.717, 1.165) is 0 Å². The molecule has 1 saturated heterocycles. The van der Waals surface area contributed by atoms with Crippen molar-refractivity contribution in [2.45, 2.75) is 33.3 Å². The van der Waals surface area contributed by atoms with Crippen LogP contribution in [-0.2, 0) is 9.47 Å². The molecule has 3 rings (SSSR count). The number of piperazine rings is 1. The van der Waals surface area contributed by atoms with E-state index < -0.39 is 17.5 Å². The summed E-state index contributed by atoms with van der Waals surface area (Å²) in [6, 6.07) is 6.19. The molecule has 0 saturated carbocycles. The number of pyridine rings is 2. The van der Waals surface area contributed by atoms with Crippen LogP contribution in [0.4, 0.5) is 15.0 Å². The van der Waals surface area contributed by atoms with Crippen molar-refractivity contribution in [3.8, 4) is 11.3 Å². The molecule has 31 heavy (non-hydrogen) atoms. The summed E-state index contributed by atoms with van der Waals surface area (Å²) in [6.45, 7) is 9.50. The van der Waals surface area contributed by atoms with Crippen LogP contribution < -0.4 is 4.90 Å². The summed E-state index contributed by atoms with van der Waals surface area (Å²) in [7, 11) is 0. The molecule has 0 aromatic carbocycles. The lowest BCUT2D eigenvalue weighted by Crippen LogP contribution is -2.50. The minimum Gasteiger partial charge on any atom is -0.462 e. The van der Waals surface area contributed by atoms with Gasteiger partial charge in [-0.2, -0.15) is 4.39 Å². The van der Waals surface area contributed by atoms with Crippen molar-refractivity contribution in [2.24, 2.45) is 0 Å². The summed E-state index contributed by atoms with van der Waals surface area (Å²) in [6.07, 6.45) is 0.985. The van der Waals surface area contributed by atoms with Gasteiger partial charge in [0.25, 0.3) is 0 Å². The fourth-order valence-electron chi connectivity index (χ4n) is 3.21. The number of ether oxygens (including phenoxy) is 2. The summed E-state index contributed by atoms with van der Waals surface area (Å²) in [5, 5.41) is 0. The van der Waals surface area contributed by atoms with Crippen molar-refractivity contribution in [3.63, 3.8) is 0 Å². The van der Waals surface area contributed by atoms with E-state index in [0.29, 0.717) is 43.3 Å². The number of rotatable bonds is 4. The van der Waals surface area contributed by atoms with E-state index in [1.54, 1.807) is 30.0 Å². The molecule has 0 radical (unpaired) electrons. The first-order chi connectivity index (χ1) is 14.7. The van der Waals surface area contributed by atoms with Gasteiger partial charge in [0.2, 0.25) is 5.95 Å². The summed E-state index contributed by atoms with van der Waals surface area (Å²) in [4.78, 5) is 36.6. The summed E-state index contributed by atoms with van der Waals surface area (Å²) < 4.78 is 24.3. The van der Waals surface area contributed by atoms with Gasteiger partial charge in [0.1, 0.15) is 11.4 Å². The minimum absolute atomic E-state index is 0.220. The highest BCUT2D eigenvalue weighted by Crippen LogP contribution is 2.27. The maximum absolute atomic E-state index is 13.7. The van der Waals surface area contributed by atoms with Crippen LogP contribution in [0.15, 0.2) is 30.5 Å². The van der Waals surface area contributed by atoms with Gasteiger partial charge in [0, 0.05) is 44.0 Å². The highest BCUT2D eigenvalue weighted by Gasteiger charge is 2.27. The molecular formula is C22H27FN4O4. The van der Waals surface area contributed by atoms with Crippen molar-refractivity contribution in [3.05, 3.63) is 42.0 Å². The van der Waals surface area contributed by atoms with Gasteiger partial charge in [-0.05, 0) is 45.9 Å². The van der Waals surface area contributed by atoms with E-state index in [4.69, 9.17) is 9.47 Å². The van der Waals surface area contributed by atoms with Gasteiger partial charge in [-0.25, -0.2) is 19.6 Å². The monoisotopic (exact) mass is 430 g/mol. The molecule has 8 nitrogen and oxygen atoms in total. The number of hydrogen-bond acceptors (Lipinski definition) is 7. The summed E-state index contributed by atoms with van der Waals surface area (Å²) in [5.74, 6) is -0.557. The second-order valence-electron chi connectivity index (χ2n) is 8.11. The molecule has 1 fully saturated rings. The largest absolute Gasteiger partial charge is 0.462 e. The lowest BCUT2D eigenvalue weighted by atomic mass is 10.1. The molecule has 0 aliphatic carbocycles. The molecule has 0 N–H and O–H groups in total. The SMILES string of the molecule is CCOC(=O)c1ccc(N2CCN(C(=O)OC(C)(C)C)CC2)nc1-c1ccnc(F)c1. The van der Waals surface area contributed by atoms with Crippen LogP contribution in [-0.4, -0.2) is 65.3 Å². The van der Waals surface area contributed by atoms with E-state index in [9.17, 15) is 14.0 Å². The van der Waals surface area contributed by atoms with Crippen molar-refractivity contribution < 1.29 is 23.5 Å². The summed E-state index contributed by atoms with van der Waals surface area (Å²) in [5.41, 5.74) is 0.466. The van der Waals surface area contributed by atoms with Crippen molar-refractivity contribution in [1.82, 2.24) is 14.9 Å². The van der Waals surface area contributed by atoms with Crippen LogP contribution >= 0.6 is 0 Å². The average molecular weight is 430 g/mol. The Labute approximate surface area is 181 Å². The number of hydrogen-bond donors (Lipinski definition) is 0. The fraction of sp³-hybridized carbons (Fsp3) is 0.455. The van der Waals surface area contributed by atoms with Gasteiger partial charge in [-0.15, -0.1) is 0 Å². The second-order valence-corrected chi connectivity index (χ2v) is 8.11. The maximum atomic E-state index is 13.7. The smallest absolute Gasteiger partial charge is 0.410 e. The van der Waals surface area contributed by atoms with E-state index in [-0.39, 0.29) is 18.3 Å². The Kier molecular flexibility index (Phi) is 6.72. The number of halogens is 1. The lowest BCUT2D eigenvalue weighted by molar-refractivity contribution is 0.0240. The third-order valence-electron chi connectivity index (χ3n) is 4.63. The Morgan fingerprint density at radius 2 is 1.84 bits per heavy atom. The van der Waals surface area contributed by atoms with Crippen LogP contribution in [0, 0.1) is 5.95 Å². The van der Waals surface area contributed by atoms with E-state index >= 15 is 0 Å². The van der Waals surface area contributed by atoms with Crippen LogP contribution in [0.5, 0.6) is 0 Å². The molecule has 0 unspecified atom stereocenters. The van der Waals surface area contributed by atoms with Crippen LogP contribution in [0.3, 0.4) is 0 Å². The Bertz CT molecular complexity index is 953. The predicted molar refractivity (Wildman–Crippen MR) is 113 cm³/mol. The zero-order chi connectivity index (χ0) is 22.6. The molecule has 3 heterocycles. The molecule has 166 valence electrons. The number of esters is 1. The molecule has 2 aromatic heterocycles. The summed E-state index contributed by atoms with van der Waals surface area (Å²) >= 11 is 0. The number of nitrogens with zero attached hydrogens (tertiary/aromatic N) is 4. The fourth-order valence-corrected chi connectivity index (χ4v) is 3.21. The third-order valence-corrected chi connectivity index (χ3v) is 4.63. The Morgan fingerprint density at radius 1 is 1.13 bits per heavy atom. The number of amides is 1. The highest BCUT2D eigenvalue weighted by atomic mass is 19.1. The van der Waals surface area contributed by atoms with Gasteiger partial charge in [-0.1, -0.05) is 0 Å². The Hall–Kier alpha value is -3.23. The van der Waals surface area contributed by atoms with E-state index in [1.165, 1.54) is 12.3 Å². The first-order valence-electron chi connectivity index (χ1n) is 10.2. The predicted octanol–water partition coefficient (Wildman–Crippen LogP) is 3.52. The molecule has 0 spiro atoms. The molecule has 0 atom stereocenters. The van der Waals surface area contributed by atoms with Crippen molar-refractivity contribution >= 4 is 17.9 Å². The molecular weight excluding hydrogens is 403 g/mol. The normalized spacial score (nSPS) is 14.4. The molecule has 9 heteroatoms. The van der Waals surface area contributed by atoms with E-state index in [2.05, 4.69) is 9.97 Å². The zero-order valence-electron chi connectivity index (χ0n) is 18.2. The topological polar surface area (TPSA) is 84.9 Å². The highest BCUT2D eigenvalue weighted by molar-refractivity contribution is 5.96. The average Bonchev–Trinajstić information content (AvgIpc) is 2.72.